The standard InChI is InChI=1S/C25H25N3O3/c29-25(23-6-2-1-4-21(23)16-27-10-9-26-18-27)28-11-13-30-17-19(15-28)14-20-5-3-7-24-22(20)8-12-31-24/h1-10,12,18-19H,11,13-17H2. The van der Waals surface area contributed by atoms with Gasteiger partial charge in [0.05, 0.1) is 25.8 Å². The molecule has 1 unspecified atom stereocenters. The van der Waals surface area contributed by atoms with Gasteiger partial charge in [0, 0.05) is 48.9 Å². The highest BCUT2D eigenvalue weighted by molar-refractivity contribution is 5.95. The minimum Gasteiger partial charge on any atom is -0.464 e. The third-order valence-corrected chi connectivity index (χ3v) is 5.88. The summed E-state index contributed by atoms with van der Waals surface area (Å²) in [7, 11) is 0. The molecule has 3 heterocycles. The van der Waals surface area contributed by atoms with Crippen molar-refractivity contribution in [1.29, 1.82) is 0 Å². The van der Waals surface area contributed by atoms with E-state index in [1.54, 1.807) is 18.8 Å². The van der Waals surface area contributed by atoms with Crippen LogP contribution in [0.3, 0.4) is 0 Å². The Bertz CT molecular complexity index is 1170. The van der Waals surface area contributed by atoms with E-state index in [1.807, 2.05) is 58.1 Å². The molecule has 0 aliphatic carbocycles. The van der Waals surface area contributed by atoms with Crippen LogP contribution in [0.2, 0.25) is 0 Å². The zero-order valence-corrected chi connectivity index (χ0v) is 17.3. The van der Waals surface area contributed by atoms with E-state index in [-0.39, 0.29) is 11.8 Å². The van der Waals surface area contributed by atoms with E-state index >= 15 is 0 Å². The van der Waals surface area contributed by atoms with Gasteiger partial charge in [0.1, 0.15) is 5.58 Å². The predicted octanol–water partition coefficient (Wildman–Crippen LogP) is 4.01. The van der Waals surface area contributed by atoms with Crippen LogP contribution in [-0.4, -0.2) is 46.7 Å². The summed E-state index contributed by atoms with van der Waals surface area (Å²) in [4.78, 5) is 19.6. The smallest absolute Gasteiger partial charge is 0.254 e. The predicted molar refractivity (Wildman–Crippen MR) is 118 cm³/mol. The Morgan fingerprint density at radius 2 is 2.00 bits per heavy atom. The Morgan fingerprint density at radius 1 is 1.10 bits per heavy atom. The van der Waals surface area contributed by atoms with Crippen molar-refractivity contribution < 1.29 is 13.9 Å². The molecular weight excluding hydrogens is 390 g/mol. The first-order valence-electron chi connectivity index (χ1n) is 10.6. The summed E-state index contributed by atoms with van der Waals surface area (Å²) in [6, 6.07) is 16.0. The number of amides is 1. The summed E-state index contributed by atoms with van der Waals surface area (Å²) in [6.07, 6.45) is 8.00. The van der Waals surface area contributed by atoms with Crippen LogP contribution in [0.15, 0.2) is 77.9 Å². The van der Waals surface area contributed by atoms with E-state index in [1.165, 1.54) is 5.56 Å². The van der Waals surface area contributed by atoms with Crippen LogP contribution in [-0.2, 0) is 17.7 Å². The van der Waals surface area contributed by atoms with E-state index < -0.39 is 0 Å². The van der Waals surface area contributed by atoms with Crippen LogP contribution in [0.1, 0.15) is 21.5 Å². The summed E-state index contributed by atoms with van der Waals surface area (Å²) in [5.74, 6) is 0.292. The van der Waals surface area contributed by atoms with Crippen LogP contribution >= 0.6 is 0 Å². The van der Waals surface area contributed by atoms with Crippen LogP contribution in [0, 0.1) is 5.92 Å². The second-order valence-electron chi connectivity index (χ2n) is 8.04. The number of furan rings is 1. The number of imidazole rings is 1. The molecule has 31 heavy (non-hydrogen) atoms. The van der Waals surface area contributed by atoms with Crippen molar-refractivity contribution in [2.45, 2.75) is 13.0 Å². The highest BCUT2D eigenvalue weighted by Gasteiger charge is 2.25. The quantitative estimate of drug-likeness (QED) is 0.494. The molecule has 4 aromatic rings. The number of ether oxygens (including phenoxy) is 1. The Labute approximate surface area is 181 Å². The van der Waals surface area contributed by atoms with E-state index in [0.717, 1.165) is 28.5 Å². The Morgan fingerprint density at radius 3 is 2.90 bits per heavy atom. The zero-order valence-electron chi connectivity index (χ0n) is 17.3. The molecule has 6 heteroatoms. The number of benzene rings is 2. The minimum absolute atomic E-state index is 0.0627. The molecule has 158 valence electrons. The fourth-order valence-electron chi connectivity index (χ4n) is 4.35. The highest BCUT2D eigenvalue weighted by Crippen LogP contribution is 2.24. The fourth-order valence-corrected chi connectivity index (χ4v) is 4.35. The van der Waals surface area contributed by atoms with E-state index in [0.29, 0.717) is 32.8 Å². The van der Waals surface area contributed by atoms with E-state index in [4.69, 9.17) is 9.15 Å². The maximum absolute atomic E-state index is 13.5. The molecule has 6 nitrogen and oxygen atoms in total. The van der Waals surface area contributed by atoms with Crippen molar-refractivity contribution in [3.05, 3.63) is 90.2 Å². The molecular formula is C25H25N3O3. The summed E-state index contributed by atoms with van der Waals surface area (Å²) in [5, 5.41) is 1.13. The average Bonchev–Trinajstić information content (AvgIpc) is 3.43. The Kier molecular flexibility index (Phi) is 5.54. The van der Waals surface area contributed by atoms with E-state index in [2.05, 4.69) is 11.1 Å². The maximum Gasteiger partial charge on any atom is 0.254 e. The van der Waals surface area contributed by atoms with Crippen molar-refractivity contribution in [3.63, 3.8) is 0 Å². The lowest BCUT2D eigenvalue weighted by Gasteiger charge is -2.25. The molecule has 0 N–H and O–H groups in total. The van der Waals surface area contributed by atoms with Gasteiger partial charge in [-0.05, 0) is 35.7 Å². The number of carbonyl (C=O) groups is 1. The molecule has 1 saturated heterocycles. The Hall–Kier alpha value is -3.38. The summed E-state index contributed by atoms with van der Waals surface area (Å²) in [5.41, 5.74) is 3.87. The van der Waals surface area contributed by atoms with Gasteiger partial charge in [-0.1, -0.05) is 30.3 Å². The largest absolute Gasteiger partial charge is 0.464 e. The minimum atomic E-state index is 0.0627. The molecule has 2 aromatic carbocycles. The van der Waals surface area contributed by atoms with E-state index in [9.17, 15) is 4.79 Å². The average molecular weight is 415 g/mol. The number of aromatic nitrogens is 2. The van der Waals surface area contributed by atoms with Gasteiger partial charge < -0.3 is 18.6 Å². The second-order valence-corrected chi connectivity index (χ2v) is 8.04. The van der Waals surface area contributed by atoms with Gasteiger partial charge in [-0.15, -0.1) is 0 Å². The first-order valence-corrected chi connectivity index (χ1v) is 10.6. The van der Waals surface area contributed by atoms with Crippen molar-refractivity contribution in [3.8, 4) is 0 Å². The van der Waals surface area contributed by atoms with Gasteiger partial charge >= 0.3 is 0 Å². The maximum atomic E-state index is 13.5. The lowest BCUT2D eigenvalue weighted by Crippen LogP contribution is -2.37. The third kappa shape index (κ3) is 4.25. The number of nitrogens with zero attached hydrogens (tertiary/aromatic N) is 3. The van der Waals surface area contributed by atoms with Crippen molar-refractivity contribution in [2.24, 2.45) is 5.92 Å². The molecule has 5 rings (SSSR count). The first kappa shape index (κ1) is 19.6. The van der Waals surface area contributed by atoms with Crippen LogP contribution in [0.25, 0.3) is 11.0 Å². The molecule has 0 saturated carbocycles. The highest BCUT2D eigenvalue weighted by atomic mass is 16.5. The molecule has 0 bridgehead atoms. The monoisotopic (exact) mass is 415 g/mol. The van der Waals surface area contributed by atoms with Crippen molar-refractivity contribution >= 4 is 16.9 Å². The summed E-state index contributed by atoms with van der Waals surface area (Å²) < 4.78 is 13.4. The summed E-state index contributed by atoms with van der Waals surface area (Å²) >= 11 is 0. The molecule has 1 fully saturated rings. The van der Waals surface area contributed by atoms with Crippen molar-refractivity contribution in [2.75, 3.05) is 26.3 Å². The number of fused-ring (bicyclic) bond motifs is 1. The number of hydrogen-bond acceptors (Lipinski definition) is 4. The fraction of sp³-hybridized carbons (Fsp3) is 0.280. The van der Waals surface area contributed by atoms with Gasteiger partial charge in [-0.3, -0.25) is 4.79 Å². The Balaban J connectivity index is 1.35. The first-order chi connectivity index (χ1) is 15.3. The van der Waals surface area contributed by atoms with Gasteiger partial charge in [-0.25, -0.2) is 4.98 Å². The number of hydrogen-bond donors (Lipinski definition) is 0. The van der Waals surface area contributed by atoms with Gasteiger partial charge in [0.15, 0.2) is 0 Å². The molecule has 1 atom stereocenters. The number of rotatable bonds is 5. The molecule has 1 aliphatic heterocycles. The normalized spacial score (nSPS) is 17.0. The molecule has 1 aliphatic rings. The molecule has 0 radical (unpaired) electrons. The van der Waals surface area contributed by atoms with Crippen molar-refractivity contribution in [1.82, 2.24) is 14.5 Å². The van der Waals surface area contributed by atoms with Crippen LogP contribution in [0.5, 0.6) is 0 Å². The van der Waals surface area contributed by atoms with Gasteiger partial charge in [0.25, 0.3) is 5.91 Å². The molecule has 0 spiro atoms. The lowest BCUT2D eigenvalue weighted by molar-refractivity contribution is 0.0736. The van der Waals surface area contributed by atoms with Gasteiger partial charge in [-0.2, -0.15) is 0 Å². The SMILES string of the molecule is O=C(c1ccccc1Cn1ccnc1)N1CCOCC(Cc2cccc3occc23)C1. The topological polar surface area (TPSA) is 60.5 Å². The van der Waals surface area contributed by atoms with Gasteiger partial charge in [0.2, 0.25) is 0 Å². The molecule has 2 aromatic heterocycles. The van der Waals surface area contributed by atoms with Crippen LogP contribution in [0.4, 0.5) is 0 Å². The lowest BCUT2D eigenvalue weighted by atomic mass is 9.96. The zero-order chi connectivity index (χ0) is 21.0. The number of carbonyl (C=O) groups excluding carboxylic acids is 1. The second kappa shape index (κ2) is 8.78. The summed E-state index contributed by atoms with van der Waals surface area (Å²) in [6.45, 7) is 3.10. The molecule has 1 amide bonds. The van der Waals surface area contributed by atoms with Crippen LogP contribution < -0.4 is 0 Å². The third-order valence-electron chi connectivity index (χ3n) is 5.88.